The predicted octanol–water partition coefficient (Wildman–Crippen LogP) is 5.28. The highest BCUT2D eigenvalue weighted by Crippen LogP contribution is 2.29. The van der Waals surface area contributed by atoms with Crippen LogP contribution in [0.1, 0.15) is 36.3 Å². The van der Waals surface area contributed by atoms with E-state index in [-0.39, 0.29) is 6.04 Å². The summed E-state index contributed by atoms with van der Waals surface area (Å²) < 4.78 is 6.04. The third kappa shape index (κ3) is 4.17. The average molecular weight is 424 g/mol. The molecule has 0 aliphatic heterocycles. The first-order chi connectivity index (χ1) is 14.1. The maximum Gasteiger partial charge on any atom is 0.199 e. The summed E-state index contributed by atoms with van der Waals surface area (Å²) >= 11 is 7.48. The number of fused-ring (bicyclic) bond motifs is 1. The standard InChI is InChI=1S/C22H25N5S2/c1-4-26-20(14-17-10-6-5-7-11-17)24-27(22(26)28)15-25(3)16(2)21-23-18-12-8-9-13-19(18)29-21/h5-13,16H,4,14-15H2,1-3H3/t16-/m1/s1. The third-order valence-electron chi connectivity index (χ3n) is 5.21. The first-order valence-corrected chi connectivity index (χ1v) is 11.1. The van der Waals surface area contributed by atoms with Crippen LogP contribution in [0, 0.1) is 4.77 Å². The fourth-order valence-corrected chi connectivity index (χ4v) is 4.81. The average Bonchev–Trinajstić information content (AvgIpc) is 3.29. The van der Waals surface area contributed by atoms with Gasteiger partial charge in [0.25, 0.3) is 0 Å². The second kappa shape index (κ2) is 8.57. The van der Waals surface area contributed by atoms with Crippen LogP contribution in [0.2, 0.25) is 0 Å². The van der Waals surface area contributed by atoms with E-state index in [1.807, 2.05) is 16.8 Å². The van der Waals surface area contributed by atoms with Crippen molar-refractivity contribution in [3.63, 3.8) is 0 Å². The molecule has 0 saturated heterocycles. The molecule has 4 rings (SSSR count). The van der Waals surface area contributed by atoms with Gasteiger partial charge in [0.2, 0.25) is 0 Å². The van der Waals surface area contributed by atoms with Crippen molar-refractivity contribution in [1.29, 1.82) is 0 Å². The van der Waals surface area contributed by atoms with E-state index in [2.05, 4.69) is 72.8 Å². The second-order valence-electron chi connectivity index (χ2n) is 7.20. The molecule has 29 heavy (non-hydrogen) atoms. The lowest BCUT2D eigenvalue weighted by atomic mass is 10.1. The fraction of sp³-hybridized carbons (Fsp3) is 0.318. The molecule has 0 unspecified atom stereocenters. The van der Waals surface area contributed by atoms with Gasteiger partial charge < -0.3 is 4.57 Å². The Bertz CT molecular complexity index is 1130. The zero-order valence-electron chi connectivity index (χ0n) is 16.9. The Labute approximate surface area is 180 Å². The van der Waals surface area contributed by atoms with Crippen molar-refractivity contribution in [2.24, 2.45) is 0 Å². The summed E-state index contributed by atoms with van der Waals surface area (Å²) in [6, 6.07) is 18.9. The lowest BCUT2D eigenvalue weighted by molar-refractivity contribution is 0.194. The van der Waals surface area contributed by atoms with Gasteiger partial charge in [-0.2, -0.15) is 5.10 Å². The number of aromatic nitrogens is 4. The molecule has 7 heteroatoms. The molecule has 2 heterocycles. The summed E-state index contributed by atoms with van der Waals surface area (Å²) in [4.78, 5) is 7.05. The normalized spacial score (nSPS) is 12.7. The van der Waals surface area contributed by atoms with E-state index >= 15 is 0 Å². The van der Waals surface area contributed by atoms with Gasteiger partial charge in [-0.15, -0.1) is 11.3 Å². The molecule has 0 amide bonds. The third-order valence-corrected chi connectivity index (χ3v) is 6.84. The summed E-state index contributed by atoms with van der Waals surface area (Å²) in [5.41, 5.74) is 2.30. The zero-order chi connectivity index (χ0) is 20.4. The number of nitrogens with zero attached hydrogens (tertiary/aromatic N) is 5. The maximum absolute atomic E-state index is 5.73. The first kappa shape index (κ1) is 19.9. The van der Waals surface area contributed by atoms with Crippen LogP contribution in [0.15, 0.2) is 54.6 Å². The van der Waals surface area contributed by atoms with Crippen LogP contribution < -0.4 is 0 Å². The van der Waals surface area contributed by atoms with Gasteiger partial charge in [0.15, 0.2) is 4.77 Å². The minimum absolute atomic E-state index is 0.179. The Morgan fingerprint density at radius 3 is 2.55 bits per heavy atom. The largest absolute Gasteiger partial charge is 0.304 e. The number of hydrogen-bond donors (Lipinski definition) is 0. The molecular weight excluding hydrogens is 398 g/mol. The lowest BCUT2D eigenvalue weighted by Crippen LogP contribution is -2.26. The van der Waals surface area contributed by atoms with Gasteiger partial charge in [0.05, 0.1) is 22.9 Å². The van der Waals surface area contributed by atoms with Gasteiger partial charge in [-0.25, -0.2) is 9.67 Å². The van der Waals surface area contributed by atoms with E-state index < -0.39 is 0 Å². The van der Waals surface area contributed by atoms with Crippen LogP contribution >= 0.6 is 23.6 Å². The molecule has 0 aliphatic carbocycles. The van der Waals surface area contributed by atoms with Crippen molar-refractivity contribution in [3.8, 4) is 0 Å². The monoisotopic (exact) mass is 423 g/mol. The number of hydrogen-bond acceptors (Lipinski definition) is 5. The SMILES string of the molecule is CCn1c(Cc2ccccc2)nn(CN(C)[C@H](C)c2nc3ccccc3s2)c1=S. The molecule has 1 atom stereocenters. The molecule has 2 aromatic carbocycles. The number of para-hydroxylation sites is 1. The van der Waals surface area contributed by atoms with Gasteiger partial charge >= 0.3 is 0 Å². The summed E-state index contributed by atoms with van der Waals surface area (Å²) in [5.74, 6) is 1.00. The van der Waals surface area contributed by atoms with Crippen LogP contribution in [0.4, 0.5) is 0 Å². The van der Waals surface area contributed by atoms with Crippen molar-refractivity contribution in [3.05, 3.63) is 75.8 Å². The quantitative estimate of drug-likeness (QED) is 0.379. The highest BCUT2D eigenvalue weighted by molar-refractivity contribution is 7.71. The van der Waals surface area contributed by atoms with Gasteiger partial charge in [0, 0.05) is 13.0 Å². The topological polar surface area (TPSA) is 38.9 Å². The minimum Gasteiger partial charge on any atom is -0.304 e. The predicted molar refractivity (Wildman–Crippen MR) is 122 cm³/mol. The first-order valence-electron chi connectivity index (χ1n) is 9.83. The highest BCUT2D eigenvalue weighted by Gasteiger charge is 2.18. The molecule has 5 nitrogen and oxygen atoms in total. The number of benzene rings is 2. The van der Waals surface area contributed by atoms with Crippen LogP contribution in [0.25, 0.3) is 10.2 Å². The molecule has 0 spiro atoms. The van der Waals surface area contributed by atoms with E-state index in [0.717, 1.165) is 34.1 Å². The molecule has 0 fully saturated rings. The van der Waals surface area contributed by atoms with E-state index in [9.17, 15) is 0 Å². The van der Waals surface area contributed by atoms with Gasteiger partial charge in [-0.1, -0.05) is 42.5 Å². The van der Waals surface area contributed by atoms with Gasteiger partial charge in [-0.05, 0) is 50.8 Å². The van der Waals surface area contributed by atoms with E-state index in [0.29, 0.717) is 6.67 Å². The van der Waals surface area contributed by atoms with Crippen molar-refractivity contribution in [2.45, 2.75) is 39.5 Å². The Hall–Kier alpha value is -2.35. The molecule has 0 saturated carbocycles. The van der Waals surface area contributed by atoms with E-state index in [1.165, 1.54) is 10.3 Å². The highest BCUT2D eigenvalue weighted by atomic mass is 32.1. The van der Waals surface area contributed by atoms with Gasteiger partial charge in [-0.3, -0.25) is 4.90 Å². The van der Waals surface area contributed by atoms with Crippen LogP contribution in [-0.4, -0.2) is 31.3 Å². The van der Waals surface area contributed by atoms with E-state index in [1.54, 1.807) is 11.3 Å². The minimum atomic E-state index is 0.179. The Kier molecular flexibility index (Phi) is 5.89. The second-order valence-corrected chi connectivity index (χ2v) is 8.63. The maximum atomic E-state index is 5.73. The fourth-order valence-electron chi connectivity index (χ4n) is 3.40. The molecular formula is C22H25N5S2. The smallest absolute Gasteiger partial charge is 0.199 e. The molecule has 0 bridgehead atoms. The number of rotatable bonds is 7. The summed E-state index contributed by atoms with van der Waals surface area (Å²) in [6.07, 6.45) is 0.780. The summed E-state index contributed by atoms with van der Waals surface area (Å²) in [6.45, 7) is 5.75. The van der Waals surface area contributed by atoms with Crippen LogP contribution in [-0.2, 0) is 19.6 Å². The zero-order valence-corrected chi connectivity index (χ0v) is 18.6. The molecule has 0 aliphatic rings. The Morgan fingerprint density at radius 2 is 1.83 bits per heavy atom. The lowest BCUT2D eigenvalue weighted by Gasteiger charge is -2.22. The van der Waals surface area contributed by atoms with Gasteiger partial charge in [0.1, 0.15) is 10.8 Å². The van der Waals surface area contributed by atoms with E-state index in [4.69, 9.17) is 22.3 Å². The summed E-state index contributed by atoms with van der Waals surface area (Å²) in [7, 11) is 2.10. The molecule has 0 radical (unpaired) electrons. The molecule has 4 aromatic rings. The van der Waals surface area contributed by atoms with Crippen LogP contribution in [0.3, 0.4) is 0 Å². The van der Waals surface area contributed by atoms with Crippen LogP contribution in [0.5, 0.6) is 0 Å². The Balaban J connectivity index is 1.55. The van der Waals surface area contributed by atoms with Crippen molar-refractivity contribution in [1.82, 2.24) is 24.2 Å². The van der Waals surface area contributed by atoms with Crippen molar-refractivity contribution < 1.29 is 0 Å². The van der Waals surface area contributed by atoms with Crippen molar-refractivity contribution >= 4 is 33.8 Å². The summed E-state index contributed by atoms with van der Waals surface area (Å²) in [5, 5.41) is 5.96. The van der Waals surface area contributed by atoms with Crippen molar-refractivity contribution in [2.75, 3.05) is 7.05 Å². The molecule has 150 valence electrons. The molecule has 2 aromatic heterocycles. The molecule has 0 N–H and O–H groups in total. The Morgan fingerprint density at radius 1 is 1.10 bits per heavy atom. The number of thiazole rings is 1.